The molecule has 34 heavy (non-hydrogen) atoms. The highest BCUT2D eigenvalue weighted by Gasteiger charge is 2.52. The maximum Gasteiger partial charge on any atom is 0.270 e. The van der Waals surface area contributed by atoms with Crippen molar-refractivity contribution in [2.45, 2.75) is 68.8 Å². The highest BCUT2D eigenvalue weighted by molar-refractivity contribution is 7.89. The molecule has 1 amide bonds. The molecule has 1 saturated heterocycles. The lowest BCUT2D eigenvalue weighted by Gasteiger charge is -2.57. The second-order valence-electron chi connectivity index (χ2n) is 11.0. The van der Waals surface area contributed by atoms with Gasteiger partial charge < -0.3 is 5.32 Å². The van der Waals surface area contributed by atoms with E-state index in [0.717, 1.165) is 43.1 Å². The number of non-ortho nitro benzene ring substituents is 1. The van der Waals surface area contributed by atoms with Gasteiger partial charge in [-0.3, -0.25) is 19.8 Å². The lowest BCUT2D eigenvalue weighted by atomic mass is 9.53. The third kappa shape index (κ3) is 4.24. The number of aryl methyl sites for hydroxylation is 1. The van der Waals surface area contributed by atoms with Gasteiger partial charge in [-0.1, -0.05) is 6.07 Å². The SMILES string of the molecule is Cc1ccc([N+](=O)[O-])cc1S(=O)(=O)N1CCN([C@H](C)C(=O)NC23CC4CC(CC(C4)C2)C3)CC1. The number of carbonyl (C=O) groups excluding carboxylic acids is 1. The minimum atomic E-state index is -3.85. The Kier molecular flexibility index (Phi) is 5.97. The number of nitro groups is 1. The number of piperazine rings is 1. The van der Waals surface area contributed by atoms with Crippen LogP contribution >= 0.6 is 0 Å². The Labute approximate surface area is 201 Å². The topological polar surface area (TPSA) is 113 Å². The highest BCUT2D eigenvalue weighted by atomic mass is 32.2. The molecule has 1 aromatic carbocycles. The van der Waals surface area contributed by atoms with E-state index < -0.39 is 14.9 Å². The number of hydrogen-bond acceptors (Lipinski definition) is 6. The van der Waals surface area contributed by atoms with Gasteiger partial charge in [-0.2, -0.15) is 4.31 Å². The maximum absolute atomic E-state index is 13.2. The molecule has 5 fully saturated rings. The van der Waals surface area contributed by atoms with Gasteiger partial charge in [0.05, 0.1) is 15.9 Å². The molecule has 0 aromatic heterocycles. The van der Waals surface area contributed by atoms with E-state index in [-0.39, 0.29) is 41.2 Å². The van der Waals surface area contributed by atoms with Crippen LogP contribution in [-0.4, -0.2) is 66.2 Å². The summed E-state index contributed by atoms with van der Waals surface area (Å²) in [5, 5.41) is 14.6. The fourth-order valence-electron chi connectivity index (χ4n) is 7.25. The fraction of sp³-hybridized carbons (Fsp3) is 0.708. The summed E-state index contributed by atoms with van der Waals surface area (Å²) in [4.78, 5) is 25.8. The summed E-state index contributed by atoms with van der Waals surface area (Å²) in [7, 11) is -3.85. The van der Waals surface area contributed by atoms with Crippen molar-refractivity contribution >= 4 is 21.6 Å². The van der Waals surface area contributed by atoms with Gasteiger partial charge in [0.1, 0.15) is 0 Å². The minimum Gasteiger partial charge on any atom is -0.349 e. The molecule has 6 rings (SSSR count). The van der Waals surface area contributed by atoms with Crippen molar-refractivity contribution in [1.82, 2.24) is 14.5 Å². The molecule has 4 aliphatic carbocycles. The fourth-order valence-corrected chi connectivity index (χ4v) is 8.91. The van der Waals surface area contributed by atoms with Gasteiger partial charge in [-0.15, -0.1) is 0 Å². The summed E-state index contributed by atoms with van der Waals surface area (Å²) >= 11 is 0. The Morgan fingerprint density at radius 1 is 1.09 bits per heavy atom. The molecule has 9 nitrogen and oxygen atoms in total. The van der Waals surface area contributed by atoms with Crippen molar-refractivity contribution in [3.63, 3.8) is 0 Å². The van der Waals surface area contributed by atoms with Crippen molar-refractivity contribution < 1.29 is 18.1 Å². The first-order valence-electron chi connectivity index (χ1n) is 12.4. The zero-order chi connectivity index (χ0) is 24.3. The smallest absolute Gasteiger partial charge is 0.270 e. The molecule has 0 radical (unpaired) electrons. The predicted octanol–water partition coefficient (Wildman–Crippen LogP) is 2.68. The summed E-state index contributed by atoms with van der Waals surface area (Å²) in [5.74, 6) is 2.32. The van der Waals surface area contributed by atoms with Gasteiger partial charge in [0.2, 0.25) is 15.9 Å². The van der Waals surface area contributed by atoms with Gasteiger partial charge in [0.25, 0.3) is 5.69 Å². The standard InChI is InChI=1S/C24H34N4O5S/c1-16-3-4-21(28(30)31)12-22(16)34(32,33)27-7-5-26(6-8-27)17(2)23(29)25-24-13-18-9-19(14-24)11-20(10-18)15-24/h3-4,12,17-20H,5-11,13-15H2,1-2H3,(H,25,29)/t17-,18?,19?,20?,24?/m1/s1. The molecule has 1 heterocycles. The van der Waals surface area contributed by atoms with Gasteiger partial charge in [0, 0.05) is 43.9 Å². The van der Waals surface area contributed by atoms with E-state index in [2.05, 4.69) is 5.32 Å². The highest BCUT2D eigenvalue weighted by Crippen LogP contribution is 2.55. The van der Waals surface area contributed by atoms with E-state index >= 15 is 0 Å². The number of nitrogens with one attached hydrogen (secondary N) is 1. The Hall–Kier alpha value is -2.04. The summed E-state index contributed by atoms with van der Waals surface area (Å²) in [5.41, 5.74) is 0.208. The quantitative estimate of drug-likeness (QED) is 0.485. The van der Waals surface area contributed by atoms with Crippen LogP contribution in [0.1, 0.15) is 51.0 Å². The monoisotopic (exact) mass is 490 g/mol. The number of amides is 1. The van der Waals surface area contributed by atoms with Gasteiger partial charge in [-0.05, 0) is 75.7 Å². The van der Waals surface area contributed by atoms with Crippen molar-refractivity contribution in [1.29, 1.82) is 0 Å². The van der Waals surface area contributed by atoms with Crippen LogP contribution in [0.3, 0.4) is 0 Å². The average Bonchev–Trinajstić information content (AvgIpc) is 2.77. The van der Waals surface area contributed by atoms with Crippen LogP contribution in [0.2, 0.25) is 0 Å². The molecule has 5 aliphatic rings. The molecule has 10 heteroatoms. The molecule has 4 saturated carbocycles. The minimum absolute atomic E-state index is 0.0252. The molecule has 186 valence electrons. The van der Waals surface area contributed by atoms with Gasteiger partial charge >= 0.3 is 0 Å². The Morgan fingerprint density at radius 3 is 2.18 bits per heavy atom. The molecular formula is C24H34N4O5S. The normalized spacial score (nSPS) is 32.5. The Balaban J connectivity index is 1.22. The summed E-state index contributed by atoms with van der Waals surface area (Å²) in [6.07, 6.45) is 7.28. The zero-order valence-electron chi connectivity index (χ0n) is 19.9. The van der Waals surface area contributed by atoms with E-state index in [9.17, 15) is 23.3 Å². The molecule has 1 aromatic rings. The maximum atomic E-state index is 13.2. The van der Waals surface area contributed by atoms with E-state index in [1.54, 1.807) is 6.92 Å². The summed E-state index contributed by atoms with van der Waals surface area (Å²) in [6, 6.07) is 3.60. The number of hydrogen-bond donors (Lipinski definition) is 1. The first kappa shape index (κ1) is 23.7. The zero-order valence-corrected chi connectivity index (χ0v) is 20.7. The number of benzene rings is 1. The average molecular weight is 491 g/mol. The third-order valence-electron chi connectivity index (χ3n) is 8.63. The predicted molar refractivity (Wildman–Crippen MR) is 127 cm³/mol. The van der Waals surface area contributed by atoms with Crippen molar-refractivity contribution in [3.8, 4) is 0 Å². The lowest BCUT2D eigenvalue weighted by Crippen LogP contribution is -2.63. The largest absolute Gasteiger partial charge is 0.349 e. The molecule has 1 atom stereocenters. The van der Waals surface area contributed by atoms with Crippen LogP contribution in [0.4, 0.5) is 5.69 Å². The number of nitrogens with zero attached hydrogens (tertiary/aromatic N) is 3. The second kappa shape index (κ2) is 8.57. The van der Waals surface area contributed by atoms with E-state index in [1.807, 2.05) is 11.8 Å². The molecule has 4 bridgehead atoms. The summed E-state index contributed by atoms with van der Waals surface area (Å²) in [6.45, 7) is 4.94. The third-order valence-corrected chi connectivity index (χ3v) is 10.7. The van der Waals surface area contributed by atoms with Crippen LogP contribution in [0.5, 0.6) is 0 Å². The summed E-state index contributed by atoms with van der Waals surface area (Å²) < 4.78 is 27.8. The molecule has 1 aliphatic heterocycles. The number of nitro benzene ring substituents is 1. The van der Waals surface area contributed by atoms with E-state index in [0.29, 0.717) is 18.7 Å². The molecular weight excluding hydrogens is 456 g/mol. The van der Waals surface area contributed by atoms with Crippen LogP contribution in [0.15, 0.2) is 23.1 Å². The molecule has 1 N–H and O–H groups in total. The Bertz CT molecular complexity index is 1060. The number of carbonyl (C=O) groups is 1. The number of rotatable bonds is 6. The van der Waals surface area contributed by atoms with Gasteiger partial charge in [0.15, 0.2) is 0 Å². The van der Waals surface area contributed by atoms with Crippen molar-refractivity contribution in [2.75, 3.05) is 26.2 Å². The van der Waals surface area contributed by atoms with E-state index in [1.165, 1.54) is 35.7 Å². The Morgan fingerprint density at radius 2 is 1.65 bits per heavy atom. The van der Waals surface area contributed by atoms with Crippen LogP contribution < -0.4 is 5.32 Å². The van der Waals surface area contributed by atoms with Crippen molar-refractivity contribution in [3.05, 3.63) is 33.9 Å². The van der Waals surface area contributed by atoms with Crippen LogP contribution in [-0.2, 0) is 14.8 Å². The van der Waals surface area contributed by atoms with Crippen molar-refractivity contribution in [2.24, 2.45) is 17.8 Å². The molecule has 0 spiro atoms. The number of sulfonamides is 1. The lowest BCUT2D eigenvalue weighted by molar-refractivity contribution is -0.385. The molecule has 0 unspecified atom stereocenters. The van der Waals surface area contributed by atoms with E-state index in [4.69, 9.17) is 0 Å². The second-order valence-corrected chi connectivity index (χ2v) is 12.9. The van der Waals surface area contributed by atoms with Crippen LogP contribution in [0.25, 0.3) is 0 Å². The first-order chi connectivity index (χ1) is 16.1. The first-order valence-corrected chi connectivity index (χ1v) is 13.8. The van der Waals surface area contributed by atoms with Gasteiger partial charge in [-0.25, -0.2) is 8.42 Å². The van der Waals surface area contributed by atoms with Crippen LogP contribution in [0, 0.1) is 34.8 Å².